The molecule has 0 bridgehead atoms. The molecule has 0 saturated heterocycles. The van der Waals surface area contributed by atoms with Crippen LogP contribution in [-0.2, 0) is 17.6 Å². The zero-order valence-corrected chi connectivity index (χ0v) is 11.8. The largest absolute Gasteiger partial charge is 0.312 e. The number of carbonyl (C=O) groups is 1. The van der Waals surface area contributed by atoms with Crippen molar-refractivity contribution >= 4 is 22.9 Å². The molecule has 0 spiro atoms. The third-order valence-electron chi connectivity index (χ3n) is 3.55. The fourth-order valence-corrected chi connectivity index (χ4v) is 3.39. The van der Waals surface area contributed by atoms with Crippen LogP contribution in [0.2, 0.25) is 0 Å². The van der Waals surface area contributed by atoms with Crippen LogP contribution in [-0.4, -0.2) is 12.5 Å². The van der Waals surface area contributed by atoms with Gasteiger partial charge in [0.25, 0.3) is 0 Å². The molecule has 1 aromatic heterocycles. The first kappa shape index (κ1) is 12.4. The van der Waals surface area contributed by atoms with Crippen molar-refractivity contribution in [3.8, 4) is 0 Å². The Bertz CT molecular complexity index is 576. The van der Waals surface area contributed by atoms with Crippen LogP contribution in [0, 0.1) is 5.92 Å². The molecule has 0 saturated carbocycles. The Morgan fingerprint density at radius 3 is 2.95 bits per heavy atom. The number of rotatable bonds is 2. The molecule has 3 heteroatoms. The molecule has 0 N–H and O–H groups in total. The number of para-hydroxylation sites is 1. The van der Waals surface area contributed by atoms with Gasteiger partial charge in [0.05, 0.1) is 6.42 Å². The Morgan fingerprint density at radius 2 is 2.16 bits per heavy atom. The van der Waals surface area contributed by atoms with Crippen molar-refractivity contribution in [1.29, 1.82) is 0 Å². The first-order chi connectivity index (χ1) is 9.24. The van der Waals surface area contributed by atoms with Crippen LogP contribution in [0.25, 0.3) is 0 Å². The Balaban J connectivity index is 1.86. The molecule has 1 aliphatic rings. The summed E-state index contributed by atoms with van der Waals surface area (Å²) in [5.74, 6) is 0.739. The van der Waals surface area contributed by atoms with Gasteiger partial charge in [0, 0.05) is 17.1 Å². The summed E-state index contributed by atoms with van der Waals surface area (Å²) in [7, 11) is 0. The Morgan fingerprint density at radius 1 is 1.32 bits per heavy atom. The van der Waals surface area contributed by atoms with Crippen LogP contribution in [0.15, 0.2) is 41.8 Å². The van der Waals surface area contributed by atoms with Crippen molar-refractivity contribution in [1.82, 2.24) is 0 Å². The fraction of sp³-hybridized carbons (Fsp3) is 0.312. The third kappa shape index (κ3) is 2.56. The number of benzene rings is 1. The lowest BCUT2D eigenvalue weighted by atomic mass is 9.93. The van der Waals surface area contributed by atoms with Crippen LogP contribution in [0.4, 0.5) is 5.69 Å². The van der Waals surface area contributed by atoms with E-state index in [-0.39, 0.29) is 5.91 Å². The fourth-order valence-electron chi connectivity index (χ4n) is 2.69. The van der Waals surface area contributed by atoms with Crippen LogP contribution in [0.5, 0.6) is 0 Å². The lowest BCUT2D eigenvalue weighted by molar-refractivity contribution is -0.118. The summed E-state index contributed by atoms with van der Waals surface area (Å²) in [4.78, 5) is 15.6. The molecule has 0 radical (unpaired) electrons. The van der Waals surface area contributed by atoms with E-state index >= 15 is 0 Å². The van der Waals surface area contributed by atoms with Gasteiger partial charge in [-0.15, -0.1) is 11.3 Å². The summed E-state index contributed by atoms with van der Waals surface area (Å²) in [5, 5.41) is 2.02. The van der Waals surface area contributed by atoms with Gasteiger partial charge < -0.3 is 4.90 Å². The second kappa shape index (κ2) is 5.17. The molecule has 98 valence electrons. The molecule has 2 heterocycles. The first-order valence-electron chi connectivity index (χ1n) is 6.64. The molecule has 1 amide bonds. The number of nitrogens with zero attached hydrogens (tertiary/aromatic N) is 1. The second-order valence-electron chi connectivity index (χ2n) is 5.20. The normalized spacial score (nSPS) is 18.2. The topological polar surface area (TPSA) is 20.3 Å². The smallest absolute Gasteiger partial charge is 0.232 e. The maximum Gasteiger partial charge on any atom is 0.232 e. The van der Waals surface area contributed by atoms with Crippen LogP contribution < -0.4 is 4.90 Å². The van der Waals surface area contributed by atoms with Gasteiger partial charge in [-0.05, 0) is 35.4 Å². The van der Waals surface area contributed by atoms with Crippen molar-refractivity contribution in [3.05, 3.63) is 52.2 Å². The number of anilines is 1. The molecule has 19 heavy (non-hydrogen) atoms. The number of thiophene rings is 1. The first-order valence-corrected chi connectivity index (χ1v) is 7.52. The maximum atomic E-state index is 12.5. The van der Waals surface area contributed by atoms with E-state index in [1.165, 1.54) is 5.56 Å². The number of fused-ring (bicyclic) bond motifs is 1. The zero-order valence-electron chi connectivity index (χ0n) is 11.0. The molecular weight excluding hydrogens is 254 g/mol. The van der Waals surface area contributed by atoms with Gasteiger partial charge in [0.2, 0.25) is 5.91 Å². The minimum atomic E-state index is 0.210. The van der Waals surface area contributed by atoms with Gasteiger partial charge in [-0.1, -0.05) is 31.2 Å². The van der Waals surface area contributed by atoms with E-state index < -0.39 is 0 Å². The molecule has 1 unspecified atom stereocenters. The van der Waals surface area contributed by atoms with E-state index in [4.69, 9.17) is 0 Å². The molecule has 1 aliphatic heterocycles. The second-order valence-corrected chi connectivity index (χ2v) is 6.23. The zero-order chi connectivity index (χ0) is 13.2. The average molecular weight is 271 g/mol. The van der Waals surface area contributed by atoms with E-state index in [9.17, 15) is 4.79 Å². The molecule has 0 aliphatic carbocycles. The molecule has 0 fully saturated rings. The Kier molecular flexibility index (Phi) is 3.38. The van der Waals surface area contributed by atoms with Crippen molar-refractivity contribution in [3.63, 3.8) is 0 Å². The van der Waals surface area contributed by atoms with Crippen LogP contribution in [0.1, 0.15) is 17.4 Å². The lowest BCUT2D eigenvalue weighted by Gasteiger charge is -2.33. The van der Waals surface area contributed by atoms with Gasteiger partial charge >= 0.3 is 0 Å². The molecule has 3 rings (SSSR count). The monoisotopic (exact) mass is 271 g/mol. The highest BCUT2D eigenvalue weighted by Crippen LogP contribution is 2.30. The number of hydrogen-bond donors (Lipinski definition) is 0. The van der Waals surface area contributed by atoms with Gasteiger partial charge in [0.1, 0.15) is 0 Å². The van der Waals surface area contributed by atoms with Gasteiger partial charge in [-0.2, -0.15) is 0 Å². The quantitative estimate of drug-likeness (QED) is 0.818. The summed E-state index contributed by atoms with van der Waals surface area (Å²) < 4.78 is 0. The highest BCUT2D eigenvalue weighted by atomic mass is 32.1. The molecule has 1 aromatic carbocycles. The van der Waals surface area contributed by atoms with Crippen molar-refractivity contribution in [2.45, 2.75) is 19.8 Å². The molecular formula is C16H17NOS. The summed E-state index contributed by atoms with van der Waals surface area (Å²) in [5.41, 5.74) is 2.39. The predicted molar refractivity (Wildman–Crippen MR) is 79.7 cm³/mol. The Labute approximate surface area is 117 Å². The lowest BCUT2D eigenvalue weighted by Crippen LogP contribution is -2.39. The van der Waals surface area contributed by atoms with E-state index in [2.05, 4.69) is 25.1 Å². The highest BCUT2D eigenvalue weighted by molar-refractivity contribution is 7.10. The number of amides is 1. The van der Waals surface area contributed by atoms with Gasteiger partial charge in [-0.3, -0.25) is 4.79 Å². The summed E-state index contributed by atoms with van der Waals surface area (Å²) in [6.45, 7) is 3.04. The molecule has 2 aromatic rings. The maximum absolute atomic E-state index is 12.5. The van der Waals surface area contributed by atoms with E-state index in [0.29, 0.717) is 12.3 Å². The highest BCUT2D eigenvalue weighted by Gasteiger charge is 2.25. The van der Waals surface area contributed by atoms with Gasteiger partial charge in [0.15, 0.2) is 0 Å². The van der Waals surface area contributed by atoms with Crippen molar-refractivity contribution in [2.75, 3.05) is 11.4 Å². The molecule has 1 atom stereocenters. The number of hydrogen-bond acceptors (Lipinski definition) is 2. The minimum Gasteiger partial charge on any atom is -0.312 e. The predicted octanol–water partition coefficient (Wildman–Crippen LogP) is 3.52. The van der Waals surface area contributed by atoms with Crippen LogP contribution in [0.3, 0.4) is 0 Å². The SMILES string of the molecule is CC1Cc2ccccc2N(C(=O)Cc2cccs2)C1. The van der Waals surface area contributed by atoms with E-state index in [0.717, 1.165) is 23.5 Å². The van der Waals surface area contributed by atoms with Crippen molar-refractivity contribution in [2.24, 2.45) is 5.92 Å². The van der Waals surface area contributed by atoms with Crippen LogP contribution >= 0.6 is 11.3 Å². The van der Waals surface area contributed by atoms with Crippen molar-refractivity contribution < 1.29 is 4.79 Å². The van der Waals surface area contributed by atoms with E-state index in [1.807, 2.05) is 28.5 Å². The summed E-state index contributed by atoms with van der Waals surface area (Å²) in [6.07, 6.45) is 1.58. The minimum absolute atomic E-state index is 0.210. The Hall–Kier alpha value is -1.61. The average Bonchev–Trinajstić information content (AvgIpc) is 2.90. The van der Waals surface area contributed by atoms with E-state index in [1.54, 1.807) is 11.3 Å². The number of carbonyl (C=O) groups excluding carboxylic acids is 1. The third-order valence-corrected chi connectivity index (χ3v) is 4.43. The summed E-state index contributed by atoms with van der Waals surface area (Å²) >= 11 is 1.65. The standard InChI is InChI=1S/C16H17NOS/c1-12-9-13-5-2-3-7-15(13)17(11-12)16(18)10-14-6-4-8-19-14/h2-8,12H,9-11H2,1H3. The summed E-state index contributed by atoms with van der Waals surface area (Å²) in [6, 6.07) is 12.3. The molecule has 2 nitrogen and oxygen atoms in total. The van der Waals surface area contributed by atoms with Gasteiger partial charge in [-0.25, -0.2) is 0 Å².